The molecule has 2 N–H and O–H groups in total. The van der Waals surface area contributed by atoms with Crippen molar-refractivity contribution in [1.29, 1.82) is 0 Å². The molecule has 280 valence electrons. The van der Waals surface area contributed by atoms with E-state index >= 15 is 0 Å². The molecule has 54 heavy (non-hydrogen) atoms. The summed E-state index contributed by atoms with van der Waals surface area (Å²) < 4.78 is 33.7. The number of halogens is 3. The molecule has 1 unspecified atom stereocenters. The quantitative estimate of drug-likeness (QED) is 0.212. The van der Waals surface area contributed by atoms with E-state index in [9.17, 15) is 23.2 Å². The van der Waals surface area contributed by atoms with E-state index in [0.717, 1.165) is 42.3 Å². The number of benzene rings is 3. The van der Waals surface area contributed by atoms with Gasteiger partial charge in [0.1, 0.15) is 22.2 Å². The van der Waals surface area contributed by atoms with E-state index in [1.807, 2.05) is 31.2 Å². The normalized spacial score (nSPS) is 18.6. The summed E-state index contributed by atoms with van der Waals surface area (Å²) >= 11 is 7.81. The number of hydrogen-bond donors (Lipinski definition) is 2. The van der Waals surface area contributed by atoms with Crippen LogP contribution in [0.4, 0.5) is 25.8 Å². The Labute approximate surface area is 321 Å². The SMILES string of the molecule is CC1=CN=CC(C(=O)Nc2ccc(C(=O)N3CCc4c(sc(C(=O)Nc5c(F)cccc5F)c4Cl)-c4ccccc43)cc2)C1.CN1CC2(CCOCC2)C1. The van der Waals surface area contributed by atoms with Crippen LogP contribution >= 0.6 is 22.9 Å². The third-order valence-corrected chi connectivity index (χ3v) is 12.0. The van der Waals surface area contributed by atoms with Gasteiger partial charge < -0.3 is 25.2 Å². The number of para-hydroxylation sites is 2. The number of hydrogen-bond acceptors (Lipinski definition) is 7. The van der Waals surface area contributed by atoms with Crippen LogP contribution in [-0.4, -0.2) is 68.7 Å². The van der Waals surface area contributed by atoms with Crippen molar-refractivity contribution < 1.29 is 27.9 Å². The monoisotopic (exact) mass is 771 g/mol. The van der Waals surface area contributed by atoms with E-state index in [0.29, 0.717) is 51.2 Å². The van der Waals surface area contributed by atoms with Crippen LogP contribution in [0.2, 0.25) is 5.02 Å². The Balaban J connectivity index is 0.000000386. The molecule has 4 aliphatic rings. The summed E-state index contributed by atoms with van der Waals surface area (Å²) in [7, 11) is 2.20. The molecular formula is C41H40ClF2N5O4S. The molecule has 1 atom stereocenters. The summed E-state index contributed by atoms with van der Waals surface area (Å²) in [5.41, 5.74) is 4.17. The Kier molecular flexibility index (Phi) is 11.1. The third kappa shape index (κ3) is 7.88. The minimum atomic E-state index is -0.895. The van der Waals surface area contributed by atoms with Crippen molar-refractivity contribution in [3.63, 3.8) is 0 Å². The van der Waals surface area contributed by atoms with Gasteiger partial charge in [-0.3, -0.25) is 19.4 Å². The first-order valence-electron chi connectivity index (χ1n) is 17.9. The van der Waals surface area contributed by atoms with Crippen LogP contribution in [0.25, 0.3) is 10.4 Å². The molecule has 1 spiro atoms. The molecule has 13 heteroatoms. The number of aliphatic imine (C=N–C) groups is 1. The first-order valence-corrected chi connectivity index (χ1v) is 19.1. The second kappa shape index (κ2) is 15.9. The molecule has 8 rings (SSSR count). The highest BCUT2D eigenvalue weighted by Crippen LogP contribution is 2.46. The number of ether oxygens (including phenoxy) is 1. The molecule has 0 bridgehead atoms. The van der Waals surface area contributed by atoms with Crippen LogP contribution in [0.15, 0.2) is 83.5 Å². The van der Waals surface area contributed by atoms with Gasteiger partial charge in [-0.15, -0.1) is 11.3 Å². The summed E-state index contributed by atoms with van der Waals surface area (Å²) in [6.07, 6.45) is 6.89. The molecule has 5 heterocycles. The number of fused-ring (bicyclic) bond motifs is 3. The Bertz CT molecular complexity index is 2110. The summed E-state index contributed by atoms with van der Waals surface area (Å²) in [5, 5.41) is 5.37. The lowest BCUT2D eigenvalue weighted by Crippen LogP contribution is -2.56. The number of thiophene rings is 1. The topological polar surface area (TPSA) is 103 Å². The van der Waals surface area contributed by atoms with E-state index in [1.165, 1.54) is 32.0 Å². The van der Waals surface area contributed by atoms with Crippen molar-refractivity contribution in [2.24, 2.45) is 16.3 Å². The number of allylic oxidation sites excluding steroid dienone is 1. The number of amides is 3. The number of carbonyl (C=O) groups excluding carboxylic acids is 3. The van der Waals surface area contributed by atoms with Crippen LogP contribution in [0.3, 0.4) is 0 Å². The van der Waals surface area contributed by atoms with Crippen molar-refractivity contribution in [3.8, 4) is 10.4 Å². The van der Waals surface area contributed by atoms with Crippen molar-refractivity contribution in [2.45, 2.75) is 32.6 Å². The molecular weight excluding hydrogens is 732 g/mol. The highest BCUT2D eigenvalue weighted by atomic mass is 35.5. The Morgan fingerprint density at radius 2 is 1.67 bits per heavy atom. The predicted octanol–water partition coefficient (Wildman–Crippen LogP) is 8.46. The van der Waals surface area contributed by atoms with E-state index in [2.05, 4.69) is 27.6 Å². The van der Waals surface area contributed by atoms with Gasteiger partial charge in [-0.1, -0.05) is 41.4 Å². The van der Waals surface area contributed by atoms with Gasteiger partial charge in [-0.2, -0.15) is 0 Å². The second-order valence-corrected chi connectivity index (χ2v) is 15.7. The second-order valence-electron chi connectivity index (χ2n) is 14.3. The number of anilines is 3. The minimum absolute atomic E-state index is 0.122. The summed E-state index contributed by atoms with van der Waals surface area (Å²) in [6.45, 7) is 6.79. The lowest BCUT2D eigenvalue weighted by Gasteiger charge is -2.50. The Morgan fingerprint density at radius 1 is 0.963 bits per heavy atom. The molecule has 4 aliphatic heterocycles. The van der Waals surface area contributed by atoms with Crippen LogP contribution in [0.1, 0.15) is 51.8 Å². The number of carbonyl (C=O) groups is 3. The fourth-order valence-electron chi connectivity index (χ4n) is 7.47. The zero-order valence-electron chi connectivity index (χ0n) is 30.0. The fraction of sp³-hybridized carbons (Fsp3) is 0.317. The maximum absolute atomic E-state index is 14.2. The average molecular weight is 772 g/mol. The van der Waals surface area contributed by atoms with Gasteiger partial charge >= 0.3 is 0 Å². The third-order valence-electron chi connectivity index (χ3n) is 10.2. The Hall–Kier alpha value is -4.75. The largest absolute Gasteiger partial charge is 0.381 e. The van der Waals surface area contributed by atoms with E-state index < -0.39 is 23.2 Å². The summed E-state index contributed by atoms with van der Waals surface area (Å²) in [5.74, 6) is -3.28. The highest BCUT2D eigenvalue weighted by molar-refractivity contribution is 7.18. The van der Waals surface area contributed by atoms with Gasteiger partial charge in [-0.05, 0) is 87.7 Å². The number of nitrogens with one attached hydrogen (secondary N) is 2. The van der Waals surface area contributed by atoms with Crippen molar-refractivity contribution >= 4 is 63.9 Å². The number of nitrogens with zero attached hydrogens (tertiary/aromatic N) is 3. The van der Waals surface area contributed by atoms with E-state index in [4.69, 9.17) is 16.3 Å². The van der Waals surface area contributed by atoms with Crippen LogP contribution in [-0.2, 0) is 16.0 Å². The molecule has 3 aromatic carbocycles. The zero-order chi connectivity index (χ0) is 38.0. The molecule has 2 fully saturated rings. The van der Waals surface area contributed by atoms with Gasteiger partial charge in [0.2, 0.25) is 5.91 Å². The first kappa shape index (κ1) is 37.6. The molecule has 2 saturated heterocycles. The van der Waals surface area contributed by atoms with Gasteiger partial charge in [-0.25, -0.2) is 8.78 Å². The molecule has 9 nitrogen and oxygen atoms in total. The lowest BCUT2D eigenvalue weighted by molar-refractivity contribution is -0.117. The highest BCUT2D eigenvalue weighted by Gasteiger charge is 2.41. The van der Waals surface area contributed by atoms with E-state index in [1.54, 1.807) is 41.6 Å². The smallest absolute Gasteiger partial charge is 0.267 e. The fourth-order valence-corrected chi connectivity index (χ4v) is 9.09. The minimum Gasteiger partial charge on any atom is -0.381 e. The zero-order valence-corrected chi connectivity index (χ0v) is 31.5. The predicted molar refractivity (Wildman–Crippen MR) is 210 cm³/mol. The van der Waals surface area contributed by atoms with Gasteiger partial charge in [0.15, 0.2) is 0 Å². The van der Waals surface area contributed by atoms with Crippen LogP contribution in [0.5, 0.6) is 0 Å². The Morgan fingerprint density at radius 3 is 2.35 bits per heavy atom. The molecule has 0 saturated carbocycles. The number of likely N-dealkylation sites (tertiary alicyclic amines) is 1. The van der Waals surface area contributed by atoms with Crippen molar-refractivity contribution in [3.05, 3.63) is 111 Å². The first-order chi connectivity index (χ1) is 26.0. The lowest BCUT2D eigenvalue weighted by atomic mass is 9.74. The van der Waals surface area contributed by atoms with Crippen molar-refractivity contribution in [1.82, 2.24) is 4.90 Å². The standard InChI is InChI=1S/C33H25ClF2N4O3S.C8H15NO/c1-18-15-20(17-37-16-18)31(41)38-21-11-9-19(10-12-21)33(43)40-14-13-23-27(34)30(44-29(23)22-5-2-3-8-26(22)40)32(42)39-28-24(35)6-4-7-25(28)36;1-9-6-8(7-9)2-4-10-5-3-8/h2-12,16-17,20H,13-15H2,1H3,(H,38,41)(H,39,42);2-7H2,1H3. The van der Waals surface area contributed by atoms with Crippen molar-refractivity contribution in [2.75, 3.05) is 55.4 Å². The number of rotatable bonds is 5. The van der Waals surface area contributed by atoms with Gasteiger partial charge in [0.25, 0.3) is 11.8 Å². The molecule has 0 aliphatic carbocycles. The molecule has 3 amide bonds. The average Bonchev–Trinajstić information content (AvgIpc) is 3.39. The van der Waals surface area contributed by atoms with Gasteiger partial charge in [0, 0.05) is 72.4 Å². The molecule has 1 aromatic heterocycles. The van der Waals surface area contributed by atoms with E-state index in [-0.39, 0.29) is 34.2 Å². The summed E-state index contributed by atoms with van der Waals surface area (Å²) in [4.78, 5) is 48.6. The maximum atomic E-state index is 14.2. The molecule has 0 radical (unpaired) electrons. The van der Waals surface area contributed by atoms with Crippen LogP contribution < -0.4 is 15.5 Å². The van der Waals surface area contributed by atoms with Crippen LogP contribution in [0, 0.1) is 23.0 Å². The van der Waals surface area contributed by atoms with Gasteiger partial charge in [0.05, 0.1) is 16.6 Å². The molecule has 4 aromatic rings. The maximum Gasteiger partial charge on any atom is 0.267 e. The summed E-state index contributed by atoms with van der Waals surface area (Å²) in [6, 6.07) is 17.3.